The van der Waals surface area contributed by atoms with Gasteiger partial charge in [-0.3, -0.25) is 0 Å². The van der Waals surface area contributed by atoms with E-state index in [0.717, 1.165) is 0 Å². The van der Waals surface area contributed by atoms with Crippen molar-refractivity contribution in [1.29, 1.82) is 0 Å². The maximum absolute atomic E-state index is 11.2. The minimum atomic E-state index is -0.315. The van der Waals surface area contributed by atoms with Crippen LogP contribution in [0, 0.1) is 0 Å². The minimum Gasteiger partial charge on any atom is -0.501 e. The quantitative estimate of drug-likeness (QED) is 0.370. The van der Waals surface area contributed by atoms with Crippen LogP contribution in [0.4, 0.5) is 0 Å². The molecule has 0 spiro atoms. The third-order valence-corrected chi connectivity index (χ3v) is 1.48. The summed E-state index contributed by atoms with van der Waals surface area (Å²) in [6.07, 6.45) is -0.0860. The van der Waals surface area contributed by atoms with Gasteiger partial charge in [-0.25, -0.2) is 4.79 Å². The normalized spacial score (nSPS) is 12.5. The van der Waals surface area contributed by atoms with Crippen LogP contribution in [-0.2, 0) is 14.3 Å². The maximum Gasteiger partial charge on any atom is 0.337 e. The van der Waals surface area contributed by atoms with Crippen molar-refractivity contribution in [3.63, 3.8) is 0 Å². The smallest absolute Gasteiger partial charge is 0.337 e. The molecule has 12 heavy (non-hydrogen) atoms. The first-order valence-corrected chi connectivity index (χ1v) is 3.91. The van der Waals surface area contributed by atoms with Gasteiger partial charge >= 0.3 is 5.97 Å². The molecule has 0 radical (unpaired) electrons. The fourth-order valence-electron chi connectivity index (χ4n) is 0.599. The van der Waals surface area contributed by atoms with Gasteiger partial charge in [-0.15, -0.1) is 0 Å². The van der Waals surface area contributed by atoms with Gasteiger partial charge in [-0.2, -0.15) is 0 Å². The number of hydrogen-bond acceptors (Lipinski definition) is 3. The number of carbonyl (C=O) groups is 1. The van der Waals surface area contributed by atoms with Gasteiger partial charge in [0, 0.05) is 0 Å². The van der Waals surface area contributed by atoms with Gasteiger partial charge in [0.25, 0.3) is 0 Å². The number of rotatable bonds is 3. The average Bonchev–Trinajstić information content (AvgIpc) is 2.00. The van der Waals surface area contributed by atoms with Gasteiger partial charge in [0.15, 0.2) is 0 Å². The standard InChI is InChI=1S/C9H16O3/c1-6(2)12-9(10)7(3)8(4)11-5/h6H,1-5H3/b8-7+. The van der Waals surface area contributed by atoms with Crippen LogP contribution < -0.4 is 0 Å². The molecule has 0 aromatic rings. The van der Waals surface area contributed by atoms with E-state index in [4.69, 9.17) is 9.47 Å². The van der Waals surface area contributed by atoms with E-state index in [1.165, 1.54) is 7.11 Å². The van der Waals surface area contributed by atoms with Crippen LogP contribution in [0.2, 0.25) is 0 Å². The molecule has 0 aliphatic heterocycles. The predicted molar refractivity (Wildman–Crippen MR) is 46.6 cm³/mol. The fourth-order valence-corrected chi connectivity index (χ4v) is 0.599. The predicted octanol–water partition coefficient (Wildman–Crippen LogP) is 1.88. The van der Waals surface area contributed by atoms with Gasteiger partial charge < -0.3 is 9.47 Å². The highest BCUT2D eigenvalue weighted by Gasteiger charge is 2.10. The molecular formula is C9H16O3. The molecule has 3 nitrogen and oxygen atoms in total. The molecule has 0 aliphatic rings. The Hall–Kier alpha value is -0.990. The second-order valence-electron chi connectivity index (χ2n) is 2.84. The minimum absolute atomic E-state index is 0.0860. The van der Waals surface area contributed by atoms with Crippen LogP contribution in [-0.4, -0.2) is 19.2 Å². The summed E-state index contributed by atoms with van der Waals surface area (Å²) < 4.78 is 9.85. The Kier molecular flexibility index (Phi) is 4.40. The first-order valence-electron chi connectivity index (χ1n) is 3.91. The largest absolute Gasteiger partial charge is 0.501 e. The Morgan fingerprint density at radius 1 is 1.25 bits per heavy atom. The molecule has 0 saturated carbocycles. The molecule has 0 saturated heterocycles. The van der Waals surface area contributed by atoms with Crippen molar-refractivity contribution in [2.24, 2.45) is 0 Å². The molecule has 0 heterocycles. The van der Waals surface area contributed by atoms with E-state index in [2.05, 4.69) is 0 Å². The van der Waals surface area contributed by atoms with E-state index in [0.29, 0.717) is 11.3 Å². The molecule has 0 aromatic heterocycles. The summed E-state index contributed by atoms with van der Waals surface area (Å²) in [5.74, 6) is 0.282. The monoisotopic (exact) mass is 172 g/mol. The molecule has 0 fully saturated rings. The van der Waals surface area contributed by atoms with E-state index < -0.39 is 0 Å². The SMILES string of the molecule is CO/C(C)=C(\C)C(=O)OC(C)C. The molecule has 3 heteroatoms. The molecule has 70 valence electrons. The van der Waals surface area contributed by atoms with Crippen molar-refractivity contribution in [3.8, 4) is 0 Å². The lowest BCUT2D eigenvalue weighted by Crippen LogP contribution is -2.13. The average molecular weight is 172 g/mol. The zero-order valence-electron chi connectivity index (χ0n) is 8.30. The Bertz CT molecular complexity index is 192. The Labute approximate surface area is 73.4 Å². The summed E-state index contributed by atoms with van der Waals surface area (Å²) in [6, 6.07) is 0. The highest BCUT2D eigenvalue weighted by Crippen LogP contribution is 2.06. The van der Waals surface area contributed by atoms with Crippen molar-refractivity contribution in [1.82, 2.24) is 0 Å². The second kappa shape index (κ2) is 4.80. The van der Waals surface area contributed by atoms with Crippen LogP contribution in [0.25, 0.3) is 0 Å². The van der Waals surface area contributed by atoms with Crippen molar-refractivity contribution in [2.45, 2.75) is 33.8 Å². The third-order valence-electron chi connectivity index (χ3n) is 1.48. The van der Waals surface area contributed by atoms with Crippen molar-refractivity contribution >= 4 is 5.97 Å². The van der Waals surface area contributed by atoms with Crippen molar-refractivity contribution < 1.29 is 14.3 Å². The van der Waals surface area contributed by atoms with Gasteiger partial charge in [0.2, 0.25) is 0 Å². The summed E-state index contributed by atoms with van der Waals surface area (Å²) in [4.78, 5) is 11.2. The van der Waals surface area contributed by atoms with Gasteiger partial charge in [-0.1, -0.05) is 0 Å². The van der Waals surface area contributed by atoms with E-state index in [-0.39, 0.29) is 12.1 Å². The zero-order chi connectivity index (χ0) is 9.72. The van der Waals surface area contributed by atoms with Crippen LogP contribution in [0.15, 0.2) is 11.3 Å². The van der Waals surface area contributed by atoms with Crippen LogP contribution in [0.5, 0.6) is 0 Å². The number of carbonyl (C=O) groups excluding carboxylic acids is 1. The Morgan fingerprint density at radius 3 is 2.08 bits per heavy atom. The second-order valence-corrected chi connectivity index (χ2v) is 2.84. The number of ether oxygens (including phenoxy) is 2. The molecule has 0 atom stereocenters. The number of esters is 1. The first kappa shape index (κ1) is 11.0. The topological polar surface area (TPSA) is 35.5 Å². The van der Waals surface area contributed by atoms with Gasteiger partial charge in [-0.05, 0) is 27.7 Å². The number of methoxy groups -OCH3 is 1. The van der Waals surface area contributed by atoms with E-state index in [9.17, 15) is 4.79 Å². The van der Waals surface area contributed by atoms with E-state index >= 15 is 0 Å². The maximum atomic E-state index is 11.2. The van der Waals surface area contributed by atoms with Crippen LogP contribution in [0.3, 0.4) is 0 Å². The molecule has 0 unspecified atom stereocenters. The van der Waals surface area contributed by atoms with E-state index in [1.807, 2.05) is 13.8 Å². The Morgan fingerprint density at radius 2 is 1.75 bits per heavy atom. The van der Waals surface area contributed by atoms with Crippen molar-refractivity contribution in [2.75, 3.05) is 7.11 Å². The van der Waals surface area contributed by atoms with Gasteiger partial charge in [0.1, 0.15) is 5.76 Å². The molecule has 0 N–H and O–H groups in total. The molecule has 0 rings (SSSR count). The summed E-state index contributed by atoms with van der Waals surface area (Å²) >= 11 is 0. The summed E-state index contributed by atoms with van der Waals surface area (Å²) in [7, 11) is 1.53. The zero-order valence-corrected chi connectivity index (χ0v) is 8.30. The van der Waals surface area contributed by atoms with Crippen LogP contribution in [0.1, 0.15) is 27.7 Å². The highest BCUT2D eigenvalue weighted by molar-refractivity contribution is 5.88. The van der Waals surface area contributed by atoms with Crippen molar-refractivity contribution in [3.05, 3.63) is 11.3 Å². The van der Waals surface area contributed by atoms with E-state index in [1.54, 1.807) is 13.8 Å². The summed E-state index contributed by atoms with van der Waals surface area (Å²) in [6.45, 7) is 7.04. The highest BCUT2D eigenvalue weighted by atomic mass is 16.5. The van der Waals surface area contributed by atoms with Gasteiger partial charge in [0.05, 0.1) is 18.8 Å². The van der Waals surface area contributed by atoms with Crippen LogP contribution >= 0.6 is 0 Å². The molecule has 0 bridgehead atoms. The first-order chi connectivity index (χ1) is 5.49. The fraction of sp³-hybridized carbons (Fsp3) is 0.667. The summed E-state index contributed by atoms with van der Waals surface area (Å²) in [5, 5.41) is 0. The molecule has 0 aliphatic carbocycles. The number of hydrogen-bond donors (Lipinski definition) is 0. The third kappa shape index (κ3) is 3.42. The Balaban J connectivity index is 4.29. The lowest BCUT2D eigenvalue weighted by atomic mass is 10.2. The molecular weight excluding hydrogens is 156 g/mol. The molecule has 0 aromatic carbocycles. The lowest BCUT2D eigenvalue weighted by molar-refractivity contribution is -0.142. The molecule has 0 amide bonds. The lowest BCUT2D eigenvalue weighted by Gasteiger charge is -2.09. The number of allylic oxidation sites excluding steroid dienone is 1. The summed E-state index contributed by atoms with van der Waals surface area (Å²) in [5.41, 5.74) is 0.520.